The van der Waals surface area contributed by atoms with Crippen LogP contribution >= 0.6 is 7.26 Å². The van der Waals surface area contributed by atoms with E-state index in [1.807, 2.05) is 54.6 Å². The Kier molecular flexibility index (Phi) is 5.79. The van der Waals surface area contributed by atoms with Crippen LogP contribution < -0.4 is 15.9 Å². The van der Waals surface area contributed by atoms with E-state index in [9.17, 15) is 9.90 Å². The first-order valence-electron chi connectivity index (χ1n) is 9.99. The van der Waals surface area contributed by atoms with E-state index in [1.54, 1.807) is 6.07 Å². The van der Waals surface area contributed by atoms with Crippen LogP contribution in [0.1, 0.15) is 21.5 Å². The highest BCUT2D eigenvalue weighted by Crippen LogP contribution is 2.58. The summed E-state index contributed by atoms with van der Waals surface area (Å²) in [5.74, 6) is -0.884. The molecule has 0 amide bonds. The Morgan fingerprint density at radius 1 is 0.700 bits per heavy atom. The summed E-state index contributed by atoms with van der Waals surface area (Å²) >= 11 is 0. The minimum absolute atomic E-state index is 0.380. The molecule has 30 heavy (non-hydrogen) atoms. The number of rotatable bonds is 6. The van der Waals surface area contributed by atoms with Crippen LogP contribution in [-0.4, -0.2) is 11.1 Å². The van der Waals surface area contributed by atoms with E-state index in [-0.39, 0.29) is 0 Å². The third-order valence-electron chi connectivity index (χ3n) is 5.48. The molecule has 0 bridgehead atoms. The van der Waals surface area contributed by atoms with E-state index >= 15 is 0 Å². The second kappa shape index (κ2) is 8.65. The van der Waals surface area contributed by atoms with Crippen LogP contribution in [-0.2, 0) is 6.16 Å². The Labute approximate surface area is 178 Å². The smallest absolute Gasteiger partial charge is 0.339 e. The van der Waals surface area contributed by atoms with Crippen LogP contribution in [0.2, 0.25) is 0 Å². The summed E-state index contributed by atoms with van der Waals surface area (Å²) < 4.78 is 0. The van der Waals surface area contributed by atoms with Crippen LogP contribution in [0, 0.1) is 6.92 Å². The number of hydrogen-bond acceptors (Lipinski definition) is 1. The Bertz CT molecular complexity index is 1100. The third kappa shape index (κ3) is 3.79. The fourth-order valence-electron chi connectivity index (χ4n) is 4.01. The number of carboxylic acids is 1. The minimum Gasteiger partial charge on any atom is -0.478 e. The van der Waals surface area contributed by atoms with Crippen molar-refractivity contribution in [3.05, 3.63) is 126 Å². The largest absolute Gasteiger partial charge is 0.478 e. The van der Waals surface area contributed by atoms with Gasteiger partial charge in [-0.1, -0.05) is 78.4 Å². The molecule has 0 unspecified atom stereocenters. The molecule has 1 N–H and O–H groups in total. The van der Waals surface area contributed by atoms with Crippen molar-refractivity contribution in [1.82, 2.24) is 0 Å². The fourth-order valence-corrected chi connectivity index (χ4v) is 8.45. The summed E-state index contributed by atoms with van der Waals surface area (Å²) in [6.45, 7) is 2.08. The molecule has 0 aliphatic rings. The zero-order chi connectivity index (χ0) is 21.0. The highest BCUT2D eigenvalue weighted by atomic mass is 31.2. The molecule has 0 saturated heterocycles. The second-order valence-electron chi connectivity index (χ2n) is 7.45. The predicted octanol–water partition coefficient (Wildman–Crippen LogP) is 5.19. The molecule has 0 fully saturated rings. The predicted molar refractivity (Wildman–Crippen MR) is 127 cm³/mol. The summed E-state index contributed by atoms with van der Waals surface area (Å²) in [5, 5.41) is 13.3. The van der Waals surface area contributed by atoms with Crippen molar-refractivity contribution in [3.63, 3.8) is 0 Å². The molecule has 0 heterocycles. The molecule has 148 valence electrons. The van der Waals surface area contributed by atoms with Crippen molar-refractivity contribution >= 4 is 29.1 Å². The first-order chi connectivity index (χ1) is 14.6. The molecule has 3 heteroatoms. The van der Waals surface area contributed by atoms with Crippen molar-refractivity contribution in [2.75, 3.05) is 0 Å². The SMILES string of the molecule is Cc1ccc(C[P+](c2ccccc2)(c2ccccc2)c2ccccc2C(=O)O)cc1. The second-order valence-corrected chi connectivity index (χ2v) is 10.9. The lowest BCUT2D eigenvalue weighted by molar-refractivity contribution is 0.0698. The summed E-state index contributed by atoms with van der Waals surface area (Å²) in [6.07, 6.45) is 0.769. The quantitative estimate of drug-likeness (QED) is 0.444. The lowest BCUT2D eigenvalue weighted by Gasteiger charge is -2.29. The third-order valence-corrected chi connectivity index (χ3v) is 9.89. The van der Waals surface area contributed by atoms with Crippen molar-refractivity contribution < 1.29 is 9.90 Å². The van der Waals surface area contributed by atoms with E-state index in [1.165, 1.54) is 21.7 Å². The average molecular weight is 411 g/mol. The monoisotopic (exact) mass is 411 g/mol. The van der Waals surface area contributed by atoms with Gasteiger partial charge in [-0.25, -0.2) is 4.79 Å². The lowest BCUT2D eigenvalue weighted by atomic mass is 10.2. The first kappa shape index (κ1) is 20.1. The summed E-state index contributed by atoms with van der Waals surface area (Å²) in [4.78, 5) is 12.2. The Balaban J connectivity index is 2.07. The molecule has 0 spiro atoms. The van der Waals surface area contributed by atoms with Crippen molar-refractivity contribution in [2.24, 2.45) is 0 Å². The van der Waals surface area contributed by atoms with Gasteiger partial charge in [0, 0.05) is 0 Å². The Morgan fingerprint density at radius 3 is 1.73 bits per heavy atom. The van der Waals surface area contributed by atoms with Gasteiger partial charge in [0.15, 0.2) is 0 Å². The summed E-state index contributed by atoms with van der Waals surface area (Å²) in [5.41, 5.74) is 2.81. The van der Waals surface area contributed by atoms with Crippen molar-refractivity contribution in [3.8, 4) is 0 Å². The number of benzene rings is 4. The summed E-state index contributed by atoms with van der Waals surface area (Å²) in [6, 6.07) is 36.9. The molecular weight excluding hydrogens is 387 g/mol. The Hall–Kier alpha value is -3.22. The molecular formula is C27H24O2P+. The van der Waals surface area contributed by atoms with E-state index in [0.29, 0.717) is 5.56 Å². The highest BCUT2D eigenvalue weighted by molar-refractivity contribution is 7.95. The van der Waals surface area contributed by atoms with Gasteiger partial charge < -0.3 is 5.11 Å². The number of carboxylic acid groups (broad SMARTS) is 1. The number of carbonyl (C=O) groups is 1. The highest BCUT2D eigenvalue weighted by Gasteiger charge is 2.47. The van der Waals surface area contributed by atoms with Gasteiger partial charge in [-0.05, 0) is 48.9 Å². The number of aryl methyl sites for hydroxylation is 1. The number of hydrogen-bond donors (Lipinski definition) is 1. The molecule has 0 aliphatic heterocycles. The van der Waals surface area contributed by atoms with Gasteiger partial charge in [-0.3, -0.25) is 0 Å². The molecule has 0 atom stereocenters. The molecule has 2 nitrogen and oxygen atoms in total. The molecule has 0 radical (unpaired) electrons. The molecule has 4 aromatic rings. The molecule has 4 aromatic carbocycles. The summed E-state index contributed by atoms with van der Waals surface area (Å²) in [7, 11) is -2.26. The van der Waals surface area contributed by atoms with Gasteiger partial charge in [0.1, 0.15) is 28.7 Å². The van der Waals surface area contributed by atoms with E-state index in [0.717, 1.165) is 11.5 Å². The van der Waals surface area contributed by atoms with Gasteiger partial charge >= 0.3 is 5.97 Å². The fraction of sp³-hybridized carbons (Fsp3) is 0.0741. The van der Waals surface area contributed by atoms with Gasteiger partial charge in [0.2, 0.25) is 0 Å². The maximum Gasteiger partial charge on any atom is 0.339 e. The van der Waals surface area contributed by atoms with Gasteiger partial charge in [0.25, 0.3) is 0 Å². The topological polar surface area (TPSA) is 37.3 Å². The van der Waals surface area contributed by atoms with Crippen LogP contribution in [0.25, 0.3) is 0 Å². The maximum absolute atomic E-state index is 12.2. The van der Waals surface area contributed by atoms with E-state index in [2.05, 4.69) is 55.5 Å². The first-order valence-corrected chi connectivity index (χ1v) is 12.0. The Morgan fingerprint density at radius 2 is 1.20 bits per heavy atom. The standard InChI is InChI=1S/C27H23O2P/c1-21-16-18-22(19-17-21)20-30(23-10-4-2-5-11-23,24-12-6-3-7-13-24)26-15-9-8-14-25(26)27(28)29/h2-19H,20H2,1H3/p+1. The molecule has 0 aliphatic carbocycles. The zero-order valence-corrected chi connectivity index (χ0v) is 17.8. The van der Waals surface area contributed by atoms with Crippen molar-refractivity contribution in [1.29, 1.82) is 0 Å². The lowest BCUT2D eigenvalue weighted by Crippen LogP contribution is -2.35. The van der Waals surface area contributed by atoms with Gasteiger partial charge in [0.05, 0.1) is 6.16 Å². The van der Waals surface area contributed by atoms with E-state index < -0.39 is 13.2 Å². The average Bonchev–Trinajstić information content (AvgIpc) is 2.80. The minimum atomic E-state index is -2.26. The maximum atomic E-state index is 12.2. The molecule has 0 saturated carbocycles. The normalized spacial score (nSPS) is 11.2. The van der Waals surface area contributed by atoms with Crippen LogP contribution in [0.4, 0.5) is 0 Å². The van der Waals surface area contributed by atoms with Crippen LogP contribution in [0.5, 0.6) is 0 Å². The van der Waals surface area contributed by atoms with Crippen LogP contribution in [0.3, 0.4) is 0 Å². The van der Waals surface area contributed by atoms with Crippen LogP contribution in [0.15, 0.2) is 109 Å². The zero-order valence-electron chi connectivity index (χ0n) is 16.9. The van der Waals surface area contributed by atoms with Crippen molar-refractivity contribution in [2.45, 2.75) is 13.1 Å². The number of aromatic carboxylic acids is 1. The molecule has 0 aromatic heterocycles. The van der Waals surface area contributed by atoms with Gasteiger partial charge in [-0.15, -0.1) is 0 Å². The molecule has 4 rings (SSSR count). The van der Waals surface area contributed by atoms with Gasteiger partial charge in [-0.2, -0.15) is 0 Å². The van der Waals surface area contributed by atoms with E-state index in [4.69, 9.17) is 0 Å².